The lowest BCUT2D eigenvalue weighted by molar-refractivity contribution is -0.115. The highest BCUT2D eigenvalue weighted by Crippen LogP contribution is 2.30. The molecule has 0 bridgehead atoms. The molecule has 41 heavy (non-hydrogen) atoms. The highest BCUT2D eigenvalue weighted by Gasteiger charge is 2.24. The third-order valence-corrected chi connectivity index (χ3v) is 7.55. The number of anilines is 2. The molecule has 8 nitrogen and oxygen atoms in total. The van der Waals surface area contributed by atoms with E-state index in [4.69, 9.17) is 0 Å². The molecule has 0 aliphatic carbocycles. The van der Waals surface area contributed by atoms with Crippen molar-refractivity contribution in [3.8, 4) is 0 Å². The van der Waals surface area contributed by atoms with Crippen molar-refractivity contribution in [2.45, 2.75) is 19.3 Å². The van der Waals surface area contributed by atoms with E-state index in [9.17, 15) is 18.8 Å². The summed E-state index contributed by atoms with van der Waals surface area (Å²) in [6, 6.07) is 20.8. The fourth-order valence-electron chi connectivity index (χ4n) is 5.42. The van der Waals surface area contributed by atoms with Crippen molar-refractivity contribution < 1.29 is 18.8 Å². The molecule has 0 unspecified atom stereocenters. The molecule has 3 amide bonds. The van der Waals surface area contributed by atoms with Gasteiger partial charge in [0.25, 0.3) is 11.8 Å². The number of halogens is 1. The van der Waals surface area contributed by atoms with Crippen LogP contribution in [0, 0.1) is 5.82 Å². The third-order valence-electron chi connectivity index (χ3n) is 7.55. The van der Waals surface area contributed by atoms with Gasteiger partial charge in [-0.2, -0.15) is 0 Å². The summed E-state index contributed by atoms with van der Waals surface area (Å²) in [7, 11) is 0. The molecular weight excluding hydrogens is 521 g/mol. The first-order valence-electron chi connectivity index (χ1n) is 14.3. The number of amides is 3. The molecule has 2 fully saturated rings. The lowest BCUT2D eigenvalue weighted by Gasteiger charge is -2.27. The number of hydrogen-bond acceptors (Lipinski definition) is 5. The number of rotatable bonds is 6. The van der Waals surface area contributed by atoms with Crippen molar-refractivity contribution in [1.82, 2.24) is 15.1 Å². The monoisotopic (exact) mass is 557 g/mol. The van der Waals surface area contributed by atoms with Crippen LogP contribution in [0.3, 0.4) is 0 Å². The minimum Gasteiger partial charge on any atom is -0.368 e. The maximum atomic E-state index is 13.7. The van der Waals surface area contributed by atoms with Crippen LogP contribution in [0.15, 0.2) is 72.8 Å². The van der Waals surface area contributed by atoms with Crippen LogP contribution in [0.5, 0.6) is 0 Å². The summed E-state index contributed by atoms with van der Waals surface area (Å²) in [6.07, 6.45) is 1.81. The van der Waals surface area contributed by atoms with Crippen LogP contribution in [0.2, 0.25) is 0 Å². The lowest BCUT2D eigenvalue weighted by atomic mass is 10.1. The maximum Gasteiger partial charge on any atom is 0.254 e. The summed E-state index contributed by atoms with van der Waals surface area (Å²) in [5.74, 6) is -0.856. The molecule has 0 atom stereocenters. The Labute approximate surface area is 240 Å². The predicted molar refractivity (Wildman–Crippen MR) is 158 cm³/mol. The smallest absolute Gasteiger partial charge is 0.254 e. The van der Waals surface area contributed by atoms with Gasteiger partial charge in [0.05, 0.1) is 17.8 Å². The predicted octanol–water partition coefficient (Wildman–Crippen LogP) is 3.79. The van der Waals surface area contributed by atoms with Gasteiger partial charge in [-0.05, 0) is 61.3 Å². The summed E-state index contributed by atoms with van der Waals surface area (Å²) < 4.78 is 13.7. The van der Waals surface area contributed by atoms with E-state index in [1.807, 2.05) is 47.4 Å². The molecule has 0 spiro atoms. The minimum atomic E-state index is -0.436. The van der Waals surface area contributed by atoms with Gasteiger partial charge in [-0.25, -0.2) is 4.39 Å². The molecular formula is C32H36FN5O3. The molecule has 0 saturated carbocycles. The molecule has 5 rings (SSSR count). The second kappa shape index (κ2) is 13.4. The number of hydrogen-bond donors (Lipinski definition) is 2. The molecule has 0 aromatic heterocycles. The van der Waals surface area contributed by atoms with Gasteiger partial charge in [-0.3, -0.25) is 14.4 Å². The topological polar surface area (TPSA) is 85.0 Å². The second-order valence-electron chi connectivity index (χ2n) is 10.5. The molecule has 0 radical (unpaired) electrons. The van der Waals surface area contributed by atoms with E-state index in [1.54, 1.807) is 23.1 Å². The molecule has 2 N–H and O–H groups in total. The normalized spacial score (nSPS) is 16.1. The van der Waals surface area contributed by atoms with E-state index < -0.39 is 5.82 Å². The van der Waals surface area contributed by atoms with E-state index in [-0.39, 0.29) is 24.1 Å². The van der Waals surface area contributed by atoms with Crippen LogP contribution in [0.4, 0.5) is 15.8 Å². The zero-order chi connectivity index (χ0) is 28.6. The van der Waals surface area contributed by atoms with E-state index in [0.29, 0.717) is 62.5 Å². The molecule has 3 aromatic carbocycles. The Kier molecular flexibility index (Phi) is 9.26. The van der Waals surface area contributed by atoms with Gasteiger partial charge >= 0.3 is 0 Å². The average molecular weight is 558 g/mol. The highest BCUT2D eigenvalue weighted by atomic mass is 19.1. The quantitative estimate of drug-likeness (QED) is 0.482. The van der Waals surface area contributed by atoms with Gasteiger partial charge in [0, 0.05) is 56.9 Å². The average Bonchev–Trinajstić information content (AvgIpc) is 3.41. The molecule has 2 heterocycles. The van der Waals surface area contributed by atoms with Crippen molar-refractivity contribution in [1.29, 1.82) is 0 Å². The van der Waals surface area contributed by atoms with Gasteiger partial charge in [0.2, 0.25) is 5.91 Å². The number of benzene rings is 3. The Morgan fingerprint density at radius 2 is 1.49 bits per heavy atom. The Bertz CT molecular complexity index is 1370. The van der Waals surface area contributed by atoms with E-state index >= 15 is 0 Å². The summed E-state index contributed by atoms with van der Waals surface area (Å²) in [6.45, 7) is 5.16. The molecule has 2 aliphatic rings. The van der Waals surface area contributed by atoms with Gasteiger partial charge < -0.3 is 25.3 Å². The summed E-state index contributed by atoms with van der Waals surface area (Å²) in [5.41, 5.74) is 3.15. The highest BCUT2D eigenvalue weighted by molar-refractivity contribution is 6.00. The van der Waals surface area contributed by atoms with Gasteiger partial charge in [0.15, 0.2) is 0 Å². The fourth-order valence-corrected chi connectivity index (χ4v) is 5.42. The first kappa shape index (κ1) is 28.3. The second-order valence-corrected chi connectivity index (χ2v) is 10.5. The summed E-state index contributed by atoms with van der Waals surface area (Å²) in [5, 5.41) is 6.39. The number of nitrogens with one attached hydrogen (secondary N) is 2. The Balaban J connectivity index is 1.36. The summed E-state index contributed by atoms with van der Waals surface area (Å²) >= 11 is 0. The first-order valence-corrected chi connectivity index (χ1v) is 14.3. The number of carbonyl (C=O) groups excluding carboxylic acids is 3. The van der Waals surface area contributed by atoms with Crippen LogP contribution in [0.25, 0.3) is 0 Å². The Morgan fingerprint density at radius 1 is 0.732 bits per heavy atom. The van der Waals surface area contributed by atoms with Crippen molar-refractivity contribution in [3.05, 3.63) is 95.3 Å². The first-order chi connectivity index (χ1) is 20.0. The number of nitrogens with zero attached hydrogens (tertiary/aromatic N) is 3. The Morgan fingerprint density at radius 3 is 2.29 bits per heavy atom. The van der Waals surface area contributed by atoms with Crippen LogP contribution >= 0.6 is 0 Å². The maximum absolute atomic E-state index is 13.7. The van der Waals surface area contributed by atoms with Crippen molar-refractivity contribution in [3.63, 3.8) is 0 Å². The van der Waals surface area contributed by atoms with Gasteiger partial charge in [0.1, 0.15) is 5.82 Å². The zero-order valence-electron chi connectivity index (χ0n) is 23.2. The van der Waals surface area contributed by atoms with Gasteiger partial charge in [-0.15, -0.1) is 0 Å². The summed E-state index contributed by atoms with van der Waals surface area (Å²) in [4.78, 5) is 45.3. The minimum absolute atomic E-state index is 0.0541. The molecule has 214 valence electrons. The van der Waals surface area contributed by atoms with Crippen LogP contribution < -0.4 is 15.5 Å². The van der Waals surface area contributed by atoms with E-state index in [2.05, 4.69) is 15.5 Å². The van der Waals surface area contributed by atoms with Crippen LogP contribution in [-0.4, -0.2) is 79.9 Å². The molecule has 2 saturated heterocycles. The van der Waals surface area contributed by atoms with Crippen molar-refractivity contribution in [2.75, 3.05) is 62.6 Å². The van der Waals surface area contributed by atoms with Gasteiger partial charge in [-0.1, -0.05) is 36.4 Å². The van der Waals surface area contributed by atoms with E-state index in [0.717, 1.165) is 30.8 Å². The largest absolute Gasteiger partial charge is 0.368 e. The standard InChI is InChI=1S/C32H36FN5O3/c33-27-10-4-9-25(22-27)31(40)38-17-6-16-36(19-20-38)29-12-11-26(32(41)37-15-5-13-34-14-18-37)23-28(29)35-30(39)21-24-7-2-1-3-8-24/h1-4,7-12,22-23,34H,5-6,13-21H2,(H,35,39). The van der Waals surface area contributed by atoms with E-state index in [1.165, 1.54) is 12.1 Å². The van der Waals surface area contributed by atoms with Crippen LogP contribution in [0.1, 0.15) is 39.1 Å². The van der Waals surface area contributed by atoms with Crippen molar-refractivity contribution in [2.24, 2.45) is 0 Å². The van der Waals surface area contributed by atoms with Crippen molar-refractivity contribution >= 4 is 29.1 Å². The zero-order valence-corrected chi connectivity index (χ0v) is 23.2. The number of carbonyl (C=O) groups is 3. The Hall–Kier alpha value is -4.24. The molecule has 9 heteroatoms. The fraction of sp³-hybridized carbons (Fsp3) is 0.344. The molecule has 3 aromatic rings. The van der Waals surface area contributed by atoms with Crippen LogP contribution in [-0.2, 0) is 11.2 Å². The lowest BCUT2D eigenvalue weighted by Crippen LogP contribution is -2.36. The third kappa shape index (κ3) is 7.29. The molecule has 2 aliphatic heterocycles. The SMILES string of the molecule is O=C(Cc1ccccc1)Nc1cc(C(=O)N2CCCNCC2)ccc1N1CCCN(C(=O)c2cccc(F)c2)CC1.